The van der Waals surface area contributed by atoms with Crippen LogP contribution in [-0.2, 0) is 16.6 Å². The maximum atomic E-state index is 13.6. The monoisotopic (exact) mass is 323 g/mol. The minimum absolute atomic E-state index is 0.0504. The van der Waals surface area contributed by atoms with Crippen molar-refractivity contribution in [3.05, 3.63) is 28.5 Å². The predicted octanol–water partition coefficient (Wildman–Crippen LogP) is 2.64. The van der Waals surface area contributed by atoms with E-state index in [1.54, 1.807) is 0 Å². The second-order valence-corrected chi connectivity index (χ2v) is 8.28. The molecule has 0 aliphatic heterocycles. The number of hydrogen-bond donors (Lipinski definition) is 1. The molecule has 0 atom stereocenters. The number of benzene rings is 1. The lowest BCUT2D eigenvalue weighted by Crippen LogP contribution is -2.34. The zero-order valence-electron chi connectivity index (χ0n) is 11.9. The van der Waals surface area contributed by atoms with Crippen LogP contribution in [0.3, 0.4) is 0 Å². The Bertz CT molecular complexity index is 596. The van der Waals surface area contributed by atoms with Crippen molar-refractivity contribution in [1.29, 1.82) is 0 Å². The average molecular weight is 324 g/mol. The quantitative estimate of drug-likeness (QED) is 0.926. The van der Waals surface area contributed by atoms with Crippen LogP contribution in [0.1, 0.15) is 26.3 Å². The largest absolute Gasteiger partial charge is 0.392 e. The molecule has 114 valence electrons. The first-order valence-electron chi connectivity index (χ1n) is 6.04. The Hall–Kier alpha value is -0.690. The van der Waals surface area contributed by atoms with Gasteiger partial charge < -0.3 is 5.11 Å². The standard InChI is InChI=1S/C13H19ClFNO3S/c1-13(2,3)8-16(4)20(18,19)10-5-9(7-17)12(14)11(15)6-10/h5-6,17H,7-8H2,1-4H3. The molecule has 0 unspecified atom stereocenters. The summed E-state index contributed by atoms with van der Waals surface area (Å²) in [4.78, 5) is -0.213. The van der Waals surface area contributed by atoms with Crippen molar-refractivity contribution in [2.24, 2.45) is 5.41 Å². The van der Waals surface area contributed by atoms with Gasteiger partial charge in [-0.25, -0.2) is 17.1 Å². The Labute approximate surface area is 124 Å². The molecule has 1 aromatic carbocycles. The minimum Gasteiger partial charge on any atom is -0.392 e. The molecule has 1 rings (SSSR count). The van der Waals surface area contributed by atoms with E-state index in [9.17, 15) is 12.8 Å². The lowest BCUT2D eigenvalue weighted by molar-refractivity contribution is 0.281. The molecular weight excluding hydrogens is 305 g/mol. The molecule has 20 heavy (non-hydrogen) atoms. The SMILES string of the molecule is CN(CC(C)(C)C)S(=O)(=O)c1cc(F)c(Cl)c(CO)c1. The summed E-state index contributed by atoms with van der Waals surface area (Å²) in [5.41, 5.74) is -0.179. The van der Waals surface area contributed by atoms with Crippen LogP contribution in [0.5, 0.6) is 0 Å². The van der Waals surface area contributed by atoms with E-state index in [0.717, 1.165) is 10.4 Å². The lowest BCUT2D eigenvalue weighted by Gasteiger charge is -2.26. The van der Waals surface area contributed by atoms with Crippen LogP contribution in [0.25, 0.3) is 0 Å². The van der Waals surface area contributed by atoms with Gasteiger partial charge in [0.2, 0.25) is 10.0 Å². The highest BCUT2D eigenvalue weighted by molar-refractivity contribution is 7.89. The molecule has 0 aromatic heterocycles. The molecule has 0 aliphatic rings. The first-order valence-corrected chi connectivity index (χ1v) is 7.86. The molecule has 0 saturated carbocycles. The van der Waals surface area contributed by atoms with Crippen LogP contribution < -0.4 is 0 Å². The number of halogens is 2. The van der Waals surface area contributed by atoms with Crippen molar-refractivity contribution in [2.45, 2.75) is 32.3 Å². The van der Waals surface area contributed by atoms with Gasteiger partial charge in [0.25, 0.3) is 0 Å². The Morgan fingerprint density at radius 1 is 1.35 bits per heavy atom. The third-order valence-corrected chi connectivity index (χ3v) is 4.86. The number of nitrogens with zero attached hydrogens (tertiary/aromatic N) is 1. The van der Waals surface area contributed by atoms with Crippen LogP contribution in [0.2, 0.25) is 5.02 Å². The normalized spacial score (nSPS) is 13.0. The van der Waals surface area contributed by atoms with Crippen LogP contribution in [-0.4, -0.2) is 31.4 Å². The van der Waals surface area contributed by atoms with Gasteiger partial charge in [-0.05, 0) is 17.5 Å². The highest BCUT2D eigenvalue weighted by atomic mass is 35.5. The fourth-order valence-corrected chi connectivity index (χ4v) is 3.44. The topological polar surface area (TPSA) is 57.6 Å². The van der Waals surface area contributed by atoms with E-state index in [1.807, 2.05) is 20.8 Å². The summed E-state index contributed by atoms with van der Waals surface area (Å²) in [6.07, 6.45) is 0. The number of aliphatic hydroxyl groups is 1. The molecule has 0 aliphatic carbocycles. The van der Waals surface area contributed by atoms with Gasteiger partial charge in [0.15, 0.2) is 0 Å². The second-order valence-electron chi connectivity index (χ2n) is 5.86. The maximum absolute atomic E-state index is 13.6. The number of hydrogen-bond acceptors (Lipinski definition) is 3. The zero-order chi connectivity index (χ0) is 15.7. The zero-order valence-corrected chi connectivity index (χ0v) is 13.5. The van der Waals surface area contributed by atoms with E-state index in [1.165, 1.54) is 13.1 Å². The first-order chi connectivity index (χ1) is 8.99. The van der Waals surface area contributed by atoms with Gasteiger partial charge >= 0.3 is 0 Å². The summed E-state index contributed by atoms with van der Waals surface area (Å²) < 4.78 is 39.5. The Morgan fingerprint density at radius 3 is 2.35 bits per heavy atom. The lowest BCUT2D eigenvalue weighted by atomic mass is 9.97. The van der Waals surface area contributed by atoms with Gasteiger partial charge in [-0.1, -0.05) is 32.4 Å². The van der Waals surface area contributed by atoms with Crippen molar-refractivity contribution < 1.29 is 17.9 Å². The highest BCUT2D eigenvalue weighted by Gasteiger charge is 2.26. The minimum atomic E-state index is -3.82. The fraction of sp³-hybridized carbons (Fsp3) is 0.538. The summed E-state index contributed by atoms with van der Waals surface area (Å²) >= 11 is 5.66. The molecule has 7 heteroatoms. The summed E-state index contributed by atoms with van der Waals surface area (Å²) in [5.74, 6) is -0.860. The third-order valence-electron chi connectivity index (χ3n) is 2.65. The number of aliphatic hydroxyl groups excluding tert-OH is 1. The molecule has 0 fully saturated rings. The van der Waals surface area contributed by atoms with Gasteiger partial charge in [0.05, 0.1) is 16.5 Å². The van der Waals surface area contributed by atoms with Crippen LogP contribution in [0.15, 0.2) is 17.0 Å². The summed E-state index contributed by atoms with van der Waals surface area (Å²) in [5, 5.41) is 8.84. The van der Waals surface area contributed by atoms with Gasteiger partial charge in [-0.2, -0.15) is 0 Å². The molecule has 0 amide bonds. The average Bonchev–Trinajstić information content (AvgIpc) is 2.30. The van der Waals surface area contributed by atoms with Crippen LogP contribution in [0, 0.1) is 11.2 Å². The van der Waals surface area contributed by atoms with E-state index < -0.39 is 22.4 Å². The van der Waals surface area contributed by atoms with E-state index >= 15 is 0 Å². The van der Waals surface area contributed by atoms with E-state index in [0.29, 0.717) is 0 Å². The van der Waals surface area contributed by atoms with E-state index in [2.05, 4.69) is 0 Å². The molecular formula is C13H19ClFNO3S. The van der Waals surface area contributed by atoms with Crippen LogP contribution in [0.4, 0.5) is 4.39 Å². The van der Waals surface area contributed by atoms with Gasteiger partial charge in [-0.15, -0.1) is 0 Å². The van der Waals surface area contributed by atoms with Gasteiger partial charge in [0.1, 0.15) is 5.82 Å². The fourth-order valence-electron chi connectivity index (χ4n) is 1.82. The Morgan fingerprint density at radius 2 is 1.90 bits per heavy atom. The Kier molecular flexibility index (Phi) is 5.18. The molecule has 0 heterocycles. The van der Waals surface area contributed by atoms with Crippen LogP contribution >= 0.6 is 11.6 Å². The van der Waals surface area contributed by atoms with Gasteiger partial charge in [0, 0.05) is 19.2 Å². The number of sulfonamides is 1. The molecule has 1 aromatic rings. The summed E-state index contributed by atoms with van der Waals surface area (Å²) in [7, 11) is -2.38. The molecule has 0 radical (unpaired) electrons. The van der Waals surface area contributed by atoms with Crippen molar-refractivity contribution in [1.82, 2.24) is 4.31 Å². The summed E-state index contributed by atoms with van der Waals surface area (Å²) in [6, 6.07) is 2.07. The van der Waals surface area contributed by atoms with Crippen molar-refractivity contribution >= 4 is 21.6 Å². The van der Waals surface area contributed by atoms with Crippen molar-refractivity contribution in [2.75, 3.05) is 13.6 Å². The molecule has 1 N–H and O–H groups in total. The highest BCUT2D eigenvalue weighted by Crippen LogP contribution is 2.27. The molecule has 0 spiro atoms. The van der Waals surface area contributed by atoms with Gasteiger partial charge in [-0.3, -0.25) is 0 Å². The van der Waals surface area contributed by atoms with E-state index in [4.69, 9.17) is 16.7 Å². The van der Waals surface area contributed by atoms with E-state index in [-0.39, 0.29) is 27.4 Å². The maximum Gasteiger partial charge on any atom is 0.242 e. The first kappa shape index (κ1) is 17.4. The van der Waals surface area contributed by atoms with Crippen molar-refractivity contribution in [3.8, 4) is 0 Å². The number of rotatable bonds is 4. The smallest absolute Gasteiger partial charge is 0.242 e. The Balaban J connectivity index is 3.26. The molecule has 0 saturated heterocycles. The molecule has 0 bridgehead atoms. The summed E-state index contributed by atoms with van der Waals surface area (Å²) in [6.45, 7) is 5.47. The van der Waals surface area contributed by atoms with Crippen molar-refractivity contribution in [3.63, 3.8) is 0 Å². The molecule has 4 nitrogen and oxygen atoms in total. The third kappa shape index (κ3) is 3.91. The predicted molar refractivity (Wildman–Crippen MR) is 76.6 cm³/mol. The second kappa shape index (κ2) is 5.97.